The standard InChI is InChI=1S/C34H44ClN7O3/c1-3-26-22-41(34(44)28-9-8-25(35)19-31(28)40-15-11-23(20-37)21-40)16-17-42(26)30-10-7-24(18-29(30)32(43)38-14-12-36)27-6-5-13-39-33(27)45-4-2/h5-10,13,18-19,23,26H,3-4,11-12,14-17,20-22,36-37H2,1-2H3,(H,38,43)/t23-,26+/m0/s1. The summed E-state index contributed by atoms with van der Waals surface area (Å²) >= 11 is 6.40. The molecule has 2 atom stereocenters. The van der Waals surface area contributed by atoms with Crippen molar-refractivity contribution in [1.29, 1.82) is 0 Å². The van der Waals surface area contributed by atoms with Gasteiger partial charge in [0.1, 0.15) is 0 Å². The summed E-state index contributed by atoms with van der Waals surface area (Å²) in [6, 6.07) is 15.2. The van der Waals surface area contributed by atoms with Crippen molar-refractivity contribution < 1.29 is 14.3 Å². The lowest BCUT2D eigenvalue weighted by Crippen LogP contribution is -2.55. The van der Waals surface area contributed by atoms with Crippen LogP contribution in [0.25, 0.3) is 11.1 Å². The fraction of sp³-hybridized carbons (Fsp3) is 0.441. The van der Waals surface area contributed by atoms with Gasteiger partial charge in [-0.05, 0) is 80.3 Å². The molecule has 0 radical (unpaired) electrons. The van der Waals surface area contributed by atoms with Crippen LogP contribution in [0, 0.1) is 5.92 Å². The third-order valence-electron chi connectivity index (χ3n) is 8.73. The average molecular weight is 634 g/mol. The van der Waals surface area contributed by atoms with Crippen molar-refractivity contribution in [3.63, 3.8) is 0 Å². The Morgan fingerprint density at radius 1 is 1.02 bits per heavy atom. The van der Waals surface area contributed by atoms with Crippen molar-refractivity contribution in [2.75, 3.05) is 68.8 Å². The van der Waals surface area contributed by atoms with Gasteiger partial charge >= 0.3 is 0 Å². The minimum Gasteiger partial charge on any atom is -0.478 e. The summed E-state index contributed by atoms with van der Waals surface area (Å²) in [6.07, 6.45) is 3.49. The lowest BCUT2D eigenvalue weighted by Gasteiger charge is -2.43. The SMILES string of the molecule is CCOc1ncccc1-c1ccc(N2CCN(C(=O)c3ccc(Cl)cc3N3CC[C@@H](CN)C3)C[C@H]2CC)c(C(=O)NCCN)c1. The molecule has 45 heavy (non-hydrogen) atoms. The second-order valence-corrected chi connectivity index (χ2v) is 12.0. The highest BCUT2D eigenvalue weighted by atomic mass is 35.5. The summed E-state index contributed by atoms with van der Waals surface area (Å²) in [5.74, 6) is 0.729. The summed E-state index contributed by atoms with van der Waals surface area (Å²) in [6.45, 7) is 9.15. The second-order valence-electron chi connectivity index (χ2n) is 11.6. The molecule has 2 aliphatic rings. The zero-order chi connectivity index (χ0) is 31.9. The van der Waals surface area contributed by atoms with Crippen LogP contribution in [-0.2, 0) is 0 Å². The minimum absolute atomic E-state index is 0.00717. The van der Waals surface area contributed by atoms with Crippen molar-refractivity contribution in [2.45, 2.75) is 32.7 Å². The Balaban J connectivity index is 1.42. The Hall–Kier alpha value is -3.86. The van der Waals surface area contributed by atoms with E-state index in [0.29, 0.717) is 73.8 Å². The topological polar surface area (TPSA) is 130 Å². The third-order valence-corrected chi connectivity index (χ3v) is 8.97. The van der Waals surface area contributed by atoms with Crippen molar-refractivity contribution in [2.24, 2.45) is 17.4 Å². The fourth-order valence-corrected chi connectivity index (χ4v) is 6.51. The van der Waals surface area contributed by atoms with Crippen LogP contribution in [0.4, 0.5) is 11.4 Å². The zero-order valence-electron chi connectivity index (χ0n) is 26.2. The van der Waals surface area contributed by atoms with E-state index in [2.05, 4.69) is 27.0 Å². The van der Waals surface area contributed by atoms with Crippen molar-refractivity contribution in [3.8, 4) is 17.0 Å². The largest absolute Gasteiger partial charge is 0.478 e. The predicted octanol–water partition coefficient (Wildman–Crippen LogP) is 4.02. The van der Waals surface area contributed by atoms with Gasteiger partial charge in [-0.2, -0.15) is 0 Å². The highest BCUT2D eigenvalue weighted by Crippen LogP contribution is 2.35. The number of benzene rings is 2. The summed E-state index contributed by atoms with van der Waals surface area (Å²) in [5.41, 5.74) is 16.2. The number of nitrogens with one attached hydrogen (secondary N) is 1. The van der Waals surface area contributed by atoms with Crippen LogP contribution in [0.5, 0.6) is 5.88 Å². The quantitative estimate of drug-likeness (QED) is 0.289. The van der Waals surface area contributed by atoms with Crippen LogP contribution in [0.15, 0.2) is 54.7 Å². The smallest absolute Gasteiger partial charge is 0.256 e. The molecule has 5 rings (SSSR count). The van der Waals surface area contributed by atoms with Gasteiger partial charge in [0.05, 0.1) is 23.4 Å². The van der Waals surface area contributed by atoms with Crippen molar-refractivity contribution in [3.05, 3.63) is 70.9 Å². The number of carbonyl (C=O) groups is 2. The molecule has 0 bridgehead atoms. The number of hydrogen-bond donors (Lipinski definition) is 3. The highest BCUT2D eigenvalue weighted by molar-refractivity contribution is 6.31. The van der Waals surface area contributed by atoms with Gasteiger partial charge in [0, 0.05) is 74.3 Å². The third kappa shape index (κ3) is 7.19. The number of nitrogens with zero attached hydrogens (tertiary/aromatic N) is 4. The molecule has 0 spiro atoms. The first-order chi connectivity index (χ1) is 21.9. The molecule has 2 aromatic carbocycles. The molecule has 3 heterocycles. The summed E-state index contributed by atoms with van der Waals surface area (Å²) in [7, 11) is 0. The van der Waals surface area contributed by atoms with Crippen molar-refractivity contribution in [1.82, 2.24) is 15.2 Å². The number of rotatable bonds is 11. The molecule has 3 aromatic rings. The van der Waals surface area contributed by atoms with Gasteiger partial charge < -0.3 is 36.2 Å². The first-order valence-corrected chi connectivity index (χ1v) is 16.3. The first-order valence-electron chi connectivity index (χ1n) is 15.9. The number of piperazine rings is 1. The maximum absolute atomic E-state index is 14.0. The lowest BCUT2D eigenvalue weighted by molar-refractivity contribution is 0.0720. The van der Waals surface area contributed by atoms with E-state index in [1.165, 1.54) is 0 Å². The minimum atomic E-state index is -0.195. The normalized spacial score (nSPS) is 18.3. The molecule has 0 aliphatic carbocycles. The molecular weight excluding hydrogens is 590 g/mol. The Labute approximate surface area is 270 Å². The van der Waals surface area contributed by atoms with E-state index in [1.807, 2.05) is 54.3 Å². The van der Waals surface area contributed by atoms with E-state index in [1.54, 1.807) is 12.3 Å². The molecule has 2 amide bonds. The molecule has 11 heteroatoms. The molecule has 1 aromatic heterocycles. The summed E-state index contributed by atoms with van der Waals surface area (Å²) in [4.78, 5) is 38.4. The molecule has 240 valence electrons. The Bertz CT molecular complexity index is 1500. The summed E-state index contributed by atoms with van der Waals surface area (Å²) in [5, 5.41) is 3.56. The van der Waals surface area contributed by atoms with Gasteiger partial charge in [0.15, 0.2) is 0 Å². The van der Waals surface area contributed by atoms with Crippen LogP contribution in [-0.4, -0.2) is 86.7 Å². The number of anilines is 2. The number of ether oxygens (including phenoxy) is 1. The van der Waals surface area contributed by atoms with E-state index in [-0.39, 0.29) is 17.9 Å². The molecule has 2 aliphatic heterocycles. The second kappa shape index (κ2) is 14.9. The lowest BCUT2D eigenvalue weighted by atomic mass is 9.99. The monoisotopic (exact) mass is 633 g/mol. The Kier molecular flexibility index (Phi) is 10.8. The van der Waals surface area contributed by atoms with Gasteiger partial charge in [0.2, 0.25) is 5.88 Å². The van der Waals surface area contributed by atoms with Gasteiger partial charge in [-0.15, -0.1) is 0 Å². The van der Waals surface area contributed by atoms with Crippen molar-refractivity contribution >= 4 is 34.8 Å². The van der Waals surface area contributed by atoms with Crippen LogP contribution in [0.3, 0.4) is 0 Å². The molecule has 2 saturated heterocycles. The number of halogens is 1. The predicted molar refractivity (Wildman–Crippen MR) is 180 cm³/mol. The van der Waals surface area contributed by atoms with E-state index in [4.69, 9.17) is 27.8 Å². The number of amides is 2. The molecular formula is C34H44ClN7O3. The van der Waals surface area contributed by atoms with Crippen LogP contribution < -0.4 is 31.3 Å². The molecule has 10 nitrogen and oxygen atoms in total. The van der Waals surface area contributed by atoms with E-state index >= 15 is 0 Å². The number of nitrogens with two attached hydrogens (primary N) is 2. The van der Waals surface area contributed by atoms with Gasteiger partial charge in [-0.25, -0.2) is 4.98 Å². The number of hydrogen-bond acceptors (Lipinski definition) is 8. The van der Waals surface area contributed by atoms with E-state index in [0.717, 1.165) is 48.4 Å². The Morgan fingerprint density at radius 2 is 1.87 bits per heavy atom. The highest BCUT2D eigenvalue weighted by Gasteiger charge is 2.33. The molecule has 0 saturated carbocycles. The number of carbonyl (C=O) groups excluding carboxylic acids is 2. The van der Waals surface area contributed by atoms with Crippen LogP contribution in [0.2, 0.25) is 5.02 Å². The zero-order valence-corrected chi connectivity index (χ0v) is 26.9. The van der Waals surface area contributed by atoms with E-state index in [9.17, 15) is 9.59 Å². The number of pyridine rings is 1. The van der Waals surface area contributed by atoms with Gasteiger partial charge in [0.25, 0.3) is 11.8 Å². The van der Waals surface area contributed by atoms with E-state index < -0.39 is 0 Å². The molecule has 5 N–H and O–H groups in total. The number of aromatic nitrogens is 1. The summed E-state index contributed by atoms with van der Waals surface area (Å²) < 4.78 is 5.77. The first kappa shape index (κ1) is 32.5. The molecule has 2 fully saturated rings. The maximum Gasteiger partial charge on any atom is 0.256 e. The maximum atomic E-state index is 14.0. The molecule has 0 unspecified atom stereocenters. The van der Waals surface area contributed by atoms with Gasteiger partial charge in [-0.1, -0.05) is 24.6 Å². The average Bonchev–Trinajstić information content (AvgIpc) is 3.56. The Morgan fingerprint density at radius 3 is 2.60 bits per heavy atom. The van der Waals surface area contributed by atoms with Crippen LogP contribution >= 0.6 is 11.6 Å². The fourth-order valence-electron chi connectivity index (χ4n) is 6.35. The van der Waals surface area contributed by atoms with Gasteiger partial charge in [-0.3, -0.25) is 9.59 Å². The van der Waals surface area contributed by atoms with Crippen LogP contribution in [0.1, 0.15) is 47.4 Å².